The number of fused-ring (bicyclic) bond motifs is 6. The Balaban J connectivity index is 0.985. The van der Waals surface area contributed by atoms with E-state index in [1.165, 1.54) is 90.0 Å². The molecule has 8 aromatic rings. The normalized spacial score (nSPS) is 14.7. The number of carbonyl (C=O) groups excluding carboxylic acids is 16. The summed E-state index contributed by atoms with van der Waals surface area (Å²) in [4.78, 5) is 234. The van der Waals surface area contributed by atoms with Crippen molar-refractivity contribution in [2.24, 2.45) is 11.7 Å². The molecule has 0 unspecified atom stereocenters. The average molecular weight is 1920 g/mol. The minimum absolute atomic E-state index is 0.407. The minimum atomic E-state index is -3.51. The summed E-state index contributed by atoms with van der Waals surface area (Å²) in [6.45, 7) is 19.2. The fourth-order valence-electron chi connectivity index (χ4n) is 15.9. The second-order valence-electron chi connectivity index (χ2n) is 35.1. The van der Waals surface area contributed by atoms with Crippen LogP contribution in [0.15, 0.2) is 218 Å². The third-order valence-corrected chi connectivity index (χ3v) is 33.3. The van der Waals surface area contributed by atoms with E-state index in [2.05, 4.69) is 58.5 Å². The van der Waals surface area contributed by atoms with Crippen LogP contribution in [0.1, 0.15) is 138 Å². The Labute approximate surface area is 794 Å². The van der Waals surface area contributed by atoms with E-state index in [0.717, 1.165) is 44.5 Å². The number of nitrogens with two attached hydrogens (primary N) is 1. The molecule has 32 nitrogen and oxygen atoms in total. The fourth-order valence-corrected chi connectivity index (χ4v) is 23.9. The molecular formula is C99H116N14O18P2S2. The lowest BCUT2D eigenvalue weighted by Gasteiger charge is -2.36. The van der Waals surface area contributed by atoms with Crippen LogP contribution in [-0.4, -0.2) is 208 Å². The van der Waals surface area contributed by atoms with Crippen LogP contribution < -0.4 is 85.4 Å². The smallest absolute Gasteiger partial charge is 0.417 e. The Morgan fingerprint density at radius 1 is 0.333 bits per heavy atom. The fraction of sp³-hybridized carbons (Fsp3) is 0.354. The highest BCUT2D eigenvalue weighted by Gasteiger charge is 2.48. The number of rotatable bonds is 39. The number of imide groups is 2. The van der Waals surface area contributed by atoms with Gasteiger partial charge in [-0.1, -0.05) is 256 Å². The van der Waals surface area contributed by atoms with Crippen molar-refractivity contribution in [1.29, 1.82) is 0 Å². The Morgan fingerprint density at radius 2 is 0.593 bits per heavy atom. The first kappa shape index (κ1) is 104. The van der Waals surface area contributed by atoms with Crippen LogP contribution in [0.2, 0.25) is 0 Å². The second-order valence-corrected chi connectivity index (χ2v) is 44.6. The minimum Gasteiger partial charge on any atom is -0.448 e. The van der Waals surface area contributed by atoms with Crippen LogP contribution in [0.4, 0.5) is 9.59 Å². The summed E-state index contributed by atoms with van der Waals surface area (Å²) in [5, 5.41) is 30.4. The maximum absolute atomic E-state index is 16.3. The Bertz CT molecular complexity index is 5740. The Kier molecular flexibility index (Phi) is 34.6. The van der Waals surface area contributed by atoms with E-state index in [0.29, 0.717) is 31.0 Å². The van der Waals surface area contributed by atoms with E-state index in [1.54, 1.807) is 135 Å². The largest absolute Gasteiger partial charge is 0.448 e. The van der Waals surface area contributed by atoms with Crippen LogP contribution in [0.3, 0.4) is 0 Å². The van der Waals surface area contributed by atoms with Gasteiger partial charge in [-0.15, -0.1) is 0 Å². The van der Waals surface area contributed by atoms with E-state index in [-0.39, 0.29) is 0 Å². The van der Waals surface area contributed by atoms with Gasteiger partial charge < -0.3 is 73.7 Å². The molecule has 36 heteroatoms. The van der Waals surface area contributed by atoms with Crippen LogP contribution in [0.5, 0.6) is 0 Å². The van der Waals surface area contributed by atoms with Crippen molar-refractivity contribution >= 4 is 152 Å². The molecule has 0 saturated carbocycles. The topological polar surface area (TPSA) is 456 Å². The quantitative estimate of drug-likeness (QED) is 0.0196. The molecule has 8 aromatic carbocycles. The molecule has 10 rings (SSSR count). The first-order chi connectivity index (χ1) is 63.8. The van der Waals surface area contributed by atoms with Crippen molar-refractivity contribution < 1.29 is 86.2 Å². The number of nitrogens with zero attached hydrogens (tertiary/aromatic N) is 2. The van der Waals surface area contributed by atoms with Crippen LogP contribution in [0.25, 0.3) is 22.3 Å². The van der Waals surface area contributed by atoms with E-state index in [1.807, 2.05) is 97.1 Å². The second kappa shape index (κ2) is 45.1. The summed E-state index contributed by atoms with van der Waals surface area (Å²) in [6, 6.07) is 40.2. The number of hydrogen-bond acceptors (Lipinski definition) is 20. The lowest BCUT2D eigenvalue weighted by Crippen LogP contribution is -2.64. The lowest BCUT2D eigenvalue weighted by atomic mass is 9.98. The van der Waals surface area contributed by atoms with E-state index >= 15 is 38.4 Å². The van der Waals surface area contributed by atoms with Crippen molar-refractivity contribution in [3.05, 3.63) is 241 Å². The zero-order valence-corrected chi connectivity index (χ0v) is 81.1. The van der Waals surface area contributed by atoms with Crippen molar-refractivity contribution in [3.63, 3.8) is 0 Å². The van der Waals surface area contributed by atoms with Gasteiger partial charge in [-0.3, -0.25) is 67.1 Å². The molecule has 13 N–H and O–H groups in total. The SMILES string of the molecule is CC(=O)N[C@@H](C)C(=O)N[C@@H](C)C(=O)NC(C)(C)C(=O)N[C@@H](C)C(=O)N(C(=O)OCC1c2ccccc2-c2ccccc21)[C@H](CP(=S)(c1ccccc1)c1ccccc1)C(=O)N[C@H](C(=O)N[C@@H](C)C(=O)N[C@@H](C)C(=O)N(C(=O)OCC1c2ccccc2-c2ccccc21)[C@@H](CP(=S)(c1ccccc1)c1ccccc1)C(=O)N[C@@H](C)C(=O)N[C@@H](C)C(=O)NC(C)(C)C(=O)N[C@@H](C)C(N)=O)C(C)C. The standard InChI is InChI=1S/C99H116N14O18P2S2/c1-56(2)82(109-90(122)81(55-133(135,68-40-24-18-25-41-68)69-42-26-19-27-43-69)113(97(129)131-53-79-76-50-34-30-46-72(76)73-47-31-35-51-77(73)79)93(125)64(10)108-95(127)99(14,15)111-87(119)61(7)102-84(116)58(4)101-65(11)114)91(123)105-60(6)86(118)106-63(9)92(124)112(96(128)130-52-78-74-48-32-28-44-70(74)71-45-29-33-49-75(71)78)80(54-132(134,66-36-20-16-21-37-66)67-38-22-17-23-39-67)89(121)104-59(5)85(117)103-62(8)88(120)110-98(12,13)94(126)107-57(3)83(100)115/h16-51,56-64,78-82H,52-55H2,1-15H3,(H2,100,115)(H,101,114)(H,102,116)(H,103,117)(H,104,121)(H,105,123)(H,106,118)(H,107,126)(H,108,127)(H,109,122)(H,110,120)(H,111,119)/t57-,58-,59-,60-,61-,62-,63-,64-,80-,81+,82-/m0/s1. The van der Waals surface area contributed by atoms with E-state index in [9.17, 15) is 38.4 Å². The molecule has 135 heavy (non-hydrogen) atoms. The van der Waals surface area contributed by atoms with Gasteiger partial charge >= 0.3 is 12.2 Å². The zero-order chi connectivity index (χ0) is 98.9. The molecule has 2 aliphatic carbocycles. The first-order valence-corrected chi connectivity index (χ1v) is 50.2. The highest BCUT2D eigenvalue weighted by atomic mass is 32.4. The van der Waals surface area contributed by atoms with Crippen molar-refractivity contribution in [1.82, 2.24) is 68.3 Å². The summed E-state index contributed by atoms with van der Waals surface area (Å²) in [5.74, 6) is -15.5. The van der Waals surface area contributed by atoms with Gasteiger partial charge in [-0.05, 0) is 155 Å². The summed E-state index contributed by atoms with van der Waals surface area (Å²) >= 11 is 13.6. The molecule has 0 aliphatic heterocycles. The average Bonchev–Trinajstić information content (AvgIpc) is 1.75. The first-order valence-electron chi connectivity index (χ1n) is 44.2. The third kappa shape index (κ3) is 25.0. The number of ether oxygens (including phenoxy) is 2. The maximum atomic E-state index is 16.3. The van der Waals surface area contributed by atoms with Crippen molar-refractivity contribution in [2.45, 2.75) is 193 Å². The van der Waals surface area contributed by atoms with Gasteiger partial charge in [0.25, 0.3) is 11.8 Å². The Morgan fingerprint density at radius 3 is 0.904 bits per heavy atom. The molecule has 0 fully saturated rings. The van der Waals surface area contributed by atoms with Gasteiger partial charge in [0.15, 0.2) is 0 Å². The molecule has 11 atom stereocenters. The van der Waals surface area contributed by atoms with Gasteiger partial charge in [-0.25, -0.2) is 19.4 Å². The summed E-state index contributed by atoms with van der Waals surface area (Å²) in [7, 11) is 0. The predicted octanol–water partition coefficient (Wildman–Crippen LogP) is 6.01. The molecule has 712 valence electrons. The van der Waals surface area contributed by atoms with Gasteiger partial charge in [0, 0.05) is 43.2 Å². The molecule has 0 radical (unpaired) electrons. The van der Waals surface area contributed by atoms with Crippen LogP contribution in [-0.2, 0) is 100 Å². The number of nitrogens with one attached hydrogen (secondary N) is 11. The highest BCUT2D eigenvalue weighted by molar-refractivity contribution is 8.22. The summed E-state index contributed by atoms with van der Waals surface area (Å²) in [5.41, 5.74) is 8.34. The number of primary amides is 1. The van der Waals surface area contributed by atoms with Gasteiger partial charge in [-0.2, -0.15) is 0 Å². The van der Waals surface area contributed by atoms with Gasteiger partial charge in [0.2, 0.25) is 70.9 Å². The highest BCUT2D eigenvalue weighted by Crippen LogP contribution is 2.49. The number of amides is 16. The molecular weight excluding hydrogens is 1800 g/mol. The molecule has 0 spiro atoms. The number of carbonyl (C=O) groups is 16. The van der Waals surface area contributed by atoms with E-state index in [4.69, 9.17) is 38.8 Å². The van der Waals surface area contributed by atoms with Crippen molar-refractivity contribution in [3.8, 4) is 22.3 Å². The lowest BCUT2D eigenvalue weighted by molar-refractivity contribution is -0.142. The third-order valence-electron chi connectivity index (χ3n) is 23.6. The summed E-state index contributed by atoms with van der Waals surface area (Å²) < 4.78 is 12.6. The number of hydrogen-bond donors (Lipinski definition) is 12. The molecule has 16 amide bonds. The summed E-state index contributed by atoms with van der Waals surface area (Å²) in [6.07, 6.45) is -3.81. The van der Waals surface area contributed by atoms with Crippen LogP contribution >= 0.6 is 12.1 Å². The maximum Gasteiger partial charge on any atom is 0.417 e. The monoisotopic (exact) mass is 1910 g/mol. The molecule has 2 aliphatic rings. The van der Waals surface area contributed by atoms with Crippen molar-refractivity contribution in [2.75, 3.05) is 25.5 Å². The molecule has 0 heterocycles. The van der Waals surface area contributed by atoms with E-state index < -0.39 is 228 Å². The van der Waals surface area contributed by atoms with Gasteiger partial charge in [0.1, 0.15) is 90.8 Å². The molecule has 0 bridgehead atoms. The molecule has 0 aromatic heterocycles. The van der Waals surface area contributed by atoms with Crippen LogP contribution in [0, 0.1) is 5.92 Å². The molecule has 0 saturated heterocycles. The predicted molar refractivity (Wildman–Crippen MR) is 521 cm³/mol. The Hall–Kier alpha value is -13.4. The number of benzene rings is 8. The van der Waals surface area contributed by atoms with Gasteiger partial charge in [0.05, 0.1) is 0 Å². The zero-order valence-electron chi connectivity index (χ0n) is 77.7.